The number of carbonyl (C=O) groups excluding carboxylic acids is 1. The molecule has 0 aliphatic carbocycles. The van der Waals surface area contributed by atoms with Gasteiger partial charge in [-0.2, -0.15) is 13.2 Å². The van der Waals surface area contributed by atoms with E-state index in [-0.39, 0.29) is 17.6 Å². The summed E-state index contributed by atoms with van der Waals surface area (Å²) in [6.07, 6.45) is -4.03. The number of rotatable bonds is 0. The van der Waals surface area contributed by atoms with Crippen LogP contribution in [0.1, 0.15) is 27.2 Å². The van der Waals surface area contributed by atoms with E-state index in [1.807, 2.05) is 20.8 Å². The Bertz CT molecular complexity index is 323. The molecule has 3 nitrogen and oxygen atoms in total. The van der Waals surface area contributed by atoms with Crippen LogP contribution in [0.4, 0.5) is 13.2 Å². The molecule has 2 atom stereocenters. The van der Waals surface area contributed by atoms with Crippen LogP contribution in [0.25, 0.3) is 0 Å². The molecule has 3 fully saturated rings. The molecule has 2 unspecified atom stereocenters. The number of hydrogen-bond donors (Lipinski definition) is 0. The summed E-state index contributed by atoms with van der Waals surface area (Å²) in [5.74, 6) is -1.67. The Kier molecular flexibility index (Phi) is 2.69. The molecule has 3 saturated heterocycles. The van der Waals surface area contributed by atoms with Crippen LogP contribution in [0, 0.1) is 0 Å². The number of carbonyl (C=O) groups is 1. The summed E-state index contributed by atoms with van der Waals surface area (Å²) in [5.41, 5.74) is -0.0513. The first-order valence-corrected chi connectivity index (χ1v) is 5.75. The Labute approximate surface area is 98.6 Å². The van der Waals surface area contributed by atoms with Gasteiger partial charge in [0.2, 0.25) is 0 Å². The van der Waals surface area contributed by atoms with Crippen LogP contribution in [0.5, 0.6) is 0 Å². The van der Waals surface area contributed by atoms with Gasteiger partial charge in [-0.05, 0) is 27.2 Å². The molecule has 3 heterocycles. The van der Waals surface area contributed by atoms with E-state index in [9.17, 15) is 18.0 Å². The summed E-state index contributed by atoms with van der Waals surface area (Å²) < 4.78 is 37.1. The molecule has 0 radical (unpaired) electrons. The summed E-state index contributed by atoms with van der Waals surface area (Å²) in [5, 5.41) is 0. The van der Waals surface area contributed by atoms with Crippen molar-refractivity contribution in [3.8, 4) is 0 Å². The molecule has 3 rings (SSSR count). The first-order valence-electron chi connectivity index (χ1n) is 5.75. The molecular formula is C11H17F3N2O. The number of alkyl halides is 3. The second-order valence-corrected chi connectivity index (χ2v) is 5.83. The smallest absolute Gasteiger partial charge is 0.326 e. The van der Waals surface area contributed by atoms with E-state index in [4.69, 9.17) is 0 Å². The minimum Gasteiger partial charge on any atom is -0.326 e. The zero-order valence-electron chi connectivity index (χ0n) is 10.2. The van der Waals surface area contributed by atoms with Crippen molar-refractivity contribution < 1.29 is 18.0 Å². The largest absolute Gasteiger partial charge is 0.471 e. The van der Waals surface area contributed by atoms with Gasteiger partial charge in [-0.25, -0.2) is 0 Å². The molecule has 0 aromatic heterocycles. The number of fused-ring (bicyclic) bond motifs is 2. The van der Waals surface area contributed by atoms with E-state index in [0.29, 0.717) is 19.5 Å². The van der Waals surface area contributed by atoms with Gasteiger partial charge in [0, 0.05) is 30.7 Å². The van der Waals surface area contributed by atoms with Gasteiger partial charge in [0.05, 0.1) is 0 Å². The highest BCUT2D eigenvalue weighted by atomic mass is 19.4. The quantitative estimate of drug-likeness (QED) is 0.652. The average molecular weight is 250 g/mol. The zero-order valence-corrected chi connectivity index (χ0v) is 10.2. The van der Waals surface area contributed by atoms with Crippen molar-refractivity contribution in [2.75, 3.05) is 13.1 Å². The maximum Gasteiger partial charge on any atom is 0.471 e. The highest BCUT2D eigenvalue weighted by molar-refractivity contribution is 5.83. The van der Waals surface area contributed by atoms with Crippen molar-refractivity contribution >= 4 is 5.91 Å². The van der Waals surface area contributed by atoms with Crippen molar-refractivity contribution in [3.63, 3.8) is 0 Å². The molecule has 3 aliphatic heterocycles. The first kappa shape index (κ1) is 12.7. The van der Waals surface area contributed by atoms with Gasteiger partial charge in [0.15, 0.2) is 0 Å². The van der Waals surface area contributed by atoms with E-state index in [1.54, 1.807) is 0 Å². The number of hydrogen-bond acceptors (Lipinski definition) is 2. The van der Waals surface area contributed by atoms with Gasteiger partial charge < -0.3 is 4.90 Å². The monoisotopic (exact) mass is 250 g/mol. The minimum atomic E-state index is -4.74. The number of piperazine rings is 1. The Morgan fingerprint density at radius 3 is 1.94 bits per heavy atom. The fraction of sp³-hybridized carbons (Fsp3) is 0.909. The standard InChI is InChI=1S/C11H17F3N2O/c1-10(2,3)15-5-7-4-8(6-15)16(7)9(17)11(12,13)14/h7-8H,4-6H2,1-3H3. The van der Waals surface area contributed by atoms with Gasteiger partial charge in [0.1, 0.15) is 0 Å². The van der Waals surface area contributed by atoms with E-state index < -0.39 is 12.1 Å². The van der Waals surface area contributed by atoms with Gasteiger partial charge in [-0.1, -0.05) is 0 Å². The highest BCUT2D eigenvalue weighted by Crippen LogP contribution is 2.37. The van der Waals surface area contributed by atoms with Crippen LogP contribution >= 0.6 is 0 Å². The Hall–Kier alpha value is -0.780. The van der Waals surface area contributed by atoms with E-state index >= 15 is 0 Å². The van der Waals surface area contributed by atoms with Gasteiger partial charge in [-0.15, -0.1) is 0 Å². The third-order valence-electron chi connectivity index (χ3n) is 3.62. The molecule has 1 amide bonds. The van der Waals surface area contributed by atoms with Gasteiger partial charge in [-0.3, -0.25) is 9.69 Å². The predicted octanol–water partition coefficient (Wildman–Crippen LogP) is 1.63. The van der Waals surface area contributed by atoms with E-state index in [1.165, 1.54) is 0 Å². The second-order valence-electron chi connectivity index (χ2n) is 5.83. The summed E-state index contributed by atoms with van der Waals surface area (Å²) in [7, 11) is 0. The lowest BCUT2D eigenvalue weighted by molar-refractivity contribution is -0.207. The fourth-order valence-electron chi connectivity index (χ4n) is 2.64. The SMILES string of the molecule is CC(C)(C)N1CC2CC(C1)N2C(=O)C(F)(F)F. The molecule has 6 heteroatoms. The molecule has 98 valence electrons. The van der Waals surface area contributed by atoms with Crippen LogP contribution in [0.15, 0.2) is 0 Å². The molecular weight excluding hydrogens is 233 g/mol. The lowest BCUT2D eigenvalue weighted by atomic mass is 9.84. The van der Waals surface area contributed by atoms with Crippen LogP contribution in [-0.2, 0) is 4.79 Å². The van der Waals surface area contributed by atoms with Crippen molar-refractivity contribution in [3.05, 3.63) is 0 Å². The average Bonchev–Trinajstić information content (AvgIpc) is 2.14. The topological polar surface area (TPSA) is 23.6 Å². The molecule has 3 aliphatic rings. The van der Waals surface area contributed by atoms with Crippen LogP contribution < -0.4 is 0 Å². The van der Waals surface area contributed by atoms with Crippen LogP contribution in [0.3, 0.4) is 0 Å². The van der Waals surface area contributed by atoms with Gasteiger partial charge in [0.25, 0.3) is 0 Å². The molecule has 0 spiro atoms. The third kappa shape index (κ3) is 2.14. The number of piperidine rings is 1. The maximum absolute atomic E-state index is 12.4. The third-order valence-corrected chi connectivity index (χ3v) is 3.62. The van der Waals surface area contributed by atoms with Crippen LogP contribution in [-0.4, -0.2) is 52.6 Å². The van der Waals surface area contributed by atoms with E-state index in [0.717, 1.165) is 4.90 Å². The predicted molar refractivity (Wildman–Crippen MR) is 56.4 cm³/mol. The van der Waals surface area contributed by atoms with E-state index in [2.05, 4.69) is 4.90 Å². The summed E-state index contributed by atoms with van der Waals surface area (Å²) in [6, 6.07) is -0.524. The fourth-order valence-corrected chi connectivity index (χ4v) is 2.64. The first-order chi connectivity index (χ1) is 7.60. The molecule has 0 N–H and O–H groups in total. The Balaban J connectivity index is 2.04. The number of nitrogens with zero attached hydrogens (tertiary/aromatic N) is 2. The zero-order chi connectivity index (χ0) is 13.0. The molecule has 0 aromatic carbocycles. The summed E-state index contributed by atoms with van der Waals surface area (Å²) in [4.78, 5) is 14.4. The number of amides is 1. The molecule has 0 aromatic rings. The number of halogens is 3. The second kappa shape index (κ2) is 3.60. The Morgan fingerprint density at radius 2 is 1.59 bits per heavy atom. The molecule has 17 heavy (non-hydrogen) atoms. The van der Waals surface area contributed by atoms with Crippen molar-refractivity contribution in [2.45, 2.75) is 51.0 Å². The maximum atomic E-state index is 12.4. The van der Waals surface area contributed by atoms with Crippen molar-refractivity contribution in [2.24, 2.45) is 0 Å². The summed E-state index contributed by atoms with van der Waals surface area (Å²) in [6.45, 7) is 7.19. The van der Waals surface area contributed by atoms with Gasteiger partial charge >= 0.3 is 12.1 Å². The lowest BCUT2D eigenvalue weighted by Crippen LogP contribution is -2.73. The van der Waals surface area contributed by atoms with Crippen molar-refractivity contribution in [1.29, 1.82) is 0 Å². The van der Waals surface area contributed by atoms with Crippen molar-refractivity contribution in [1.82, 2.24) is 9.80 Å². The molecule has 2 bridgehead atoms. The molecule has 0 saturated carbocycles. The normalized spacial score (nSPS) is 30.1. The lowest BCUT2D eigenvalue weighted by Gasteiger charge is -2.58. The van der Waals surface area contributed by atoms with Crippen LogP contribution in [0.2, 0.25) is 0 Å². The minimum absolute atomic E-state index is 0.0513. The summed E-state index contributed by atoms with van der Waals surface area (Å²) >= 11 is 0. The highest BCUT2D eigenvalue weighted by Gasteiger charge is 2.55. The Morgan fingerprint density at radius 1 is 1.12 bits per heavy atom.